The van der Waals surface area contributed by atoms with Crippen molar-refractivity contribution < 1.29 is 4.43 Å². The van der Waals surface area contributed by atoms with Crippen molar-refractivity contribution in [1.82, 2.24) is 0 Å². The number of hydrogen-bond donors (Lipinski definition) is 0. The molecule has 0 spiro atoms. The van der Waals surface area contributed by atoms with Gasteiger partial charge in [0.15, 0.2) is 8.32 Å². The molecule has 100 valence electrons. The van der Waals surface area contributed by atoms with Gasteiger partial charge in [0.05, 0.1) is 0 Å². The van der Waals surface area contributed by atoms with Gasteiger partial charge in [-0.05, 0) is 29.6 Å². The Morgan fingerprint density at radius 1 is 1.22 bits per heavy atom. The average molecular weight is 262 g/mol. The summed E-state index contributed by atoms with van der Waals surface area (Å²) in [6.45, 7) is 13.9. The summed E-state index contributed by atoms with van der Waals surface area (Å²) in [5, 5.41) is 0.248. The van der Waals surface area contributed by atoms with E-state index in [1.165, 1.54) is 5.56 Å². The molecule has 0 bridgehead atoms. The Morgan fingerprint density at radius 2 is 1.83 bits per heavy atom. The highest BCUT2D eigenvalue weighted by Crippen LogP contribution is 2.39. The Kier molecular flexibility index (Phi) is 5.36. The summed E-state index contributed by atoms with van der Waals surface area (Å²) in [4.78, 5) is 0. The third-order valence-corrected chi connectivity index (χ3v) is 8.86. The lowest BCUT2D eigenvalue weighted by Gasteiger charge is -2.38. The van der Waals surface area contributed by atoms with E-state index in [0.29, 0.717) is 0 Å². The Bertz CT molecular complexity index is 366. The van der Waals surface area contributed by atoms with Crippen LogP contribution in [0.4, 0.5) is 0 Å². The fourth-order valence-electron chi connectivity index (χ4n) is 1.90. The third-order valence-electron chi connectivity index (χ3n) is 3.77. The molecule has 0 aliphatic rings. The Hall–Kier alpha value is -0.863. The Labute approximate surface area is 113 Å². The second-order valence-electron chi connectivity index (χ2n) is 6.06. The van der Waals surface area contributed by atoms with Gasteiger partial charge in [-0.15, -0.1) is 6.58 Å². The average Bonchev–Trinajstić information content (AvgIpc) is 2.29. The molecule has 0 saturated heterocycles. The molecule has 0 aromatic heterocycles. The fraction of sp³-hybridized carbons (Fsp3) is 0.500. The van der Waals surface area contributed by atoms with Crippen molar-refractivity contribution in [2.45, 2.75) is 44.8 Å². The Morgan fingerprint density at radius 3 is 2.33 bits per heavy atom. The van der Waals surface area contributed by atoms with Crippen molar-refractivity contribution in [3.05, 3.63) is 48.6 Å². The van der Waals surface area contributed by atoms with Crippen LogP contribution in [0.5, 0.6) is 0 Å². The predicted octanol–water partition coefficient (Wildman–Crippen LogP) is 4.81. The monoisotopic (exact) mass is 262 g/mol. The molecule has 1 aromatic carbocycles. The van der Waals surface area contributed by atoms with Gasteiger partial charge < -0.3 is 4.43 Å². The molecule has 0 aliphatic heterocycles. The van der Waals surface area contributed by atoms with Crippen molar-refractivity contribution in [3.63, 3.8) is 0 Å². The van der Waals surface area contributed by atoms with Gasteiger partial charge in [-0.25, -0.2) is 0 Å². The van der Waals surface area contributed by atoms with Crippen LogP contribution < -0.4 is 0 Å². The summed E-state index contributed by atoms with van der Waals surface area (Å²) >= 11 is 0. The number of allylic oxidation sites excluding steroid dienone is 1. The van der Waals surface area contributed by atoms with Crippen LogP contribution in [0.1, 0.15) is 26.3 Å². The normalized spacial score (nSPS) is 15.1. The molecule has 0 N–H and O–H groups in total. The van der Waals surface area contributed by atoms with Crippen molar-refractivity contribution in [2.24, 2.45) is 0 Å². The van der Waals surface area contributed by atoms with Crippen LogP contribution in [-0.4, -0.2) is 14.9 Å². The van der Waals surface area contributed by atoms with E-state index in [0.717, 1.165) is 19.1 Å². The van der Waals surface area contributed by atoms with Gasteiger partial charge in [-0.1, -0.05) is 57.2 Å². The molecule has 0 aliphatic carbocycles. The van der Waals surface area contributed by atoms with Crippen LogP contribution >= 0.6 is 0 Å². The molecule has 0 saturated carbocycles. The van der Waals surface area contributed by atoms with Crippen molar-refractivity contribution >= 4 is 8.32 Å². The van der Waals surface area contributed by atoms with E-state index >= 15 is 0 Å². The lowest BCUT2D eigenvalue weighted by Crippen LogP contribution is -2.44. The quantitative estimate of drug-likeness (QED) is 0.528. The zero-order valence-corrected chi connectivity index (χ0v) is 13.2. The Balaban J connectivity index is 2.56. The highest BCUT2D eigenvalue weighted by atomic mass is 28.4. The predicted molar refractivity (Wildman–Crippen MR) is 82.4 cm³/mol. The number of hydrogen-bond acceptors (Lipinski definition) is 1. The van der Waals surface area contributed by atoms with Gasteiger partial charge >= 0.3 is 0 Å². The second-order valence-corrected chi connectivity index (χ2v) is 10.7. The van der Waals surface area contributed by atoms with E-state index in [9.17, 15) is 0 Å². The minimum Gasteiger partial charge on any atom is -0.416 e. The van der Waals surface area contributed by atoms with Gasteiger partial charge in [0.2, 0.25) is 0 Å². The van der Waals surface area contributed by atoms with Gasteiger partial charge in [-0.3, -0.25) is 0 Å². The fourth-order valence-corrected chi connectivity index (χ4v) is 4.16. The minimum atomic E-state index is -1.72. The van der Waals surface area contributed by atoms with Crippen LogP contribution in [0, 0.1) is 0 Å². The van der Waals surface area contributed by atoms with E-state index in [2.05, 4.69) is 64.2 Å². The van der Waals surface area contributed by atoms with Crippen molar-refractivity contribution in [3.8, 4) is 0 Å². The molecule has 1 nitrogen and oxygen atoms in total. The molecule has 2 heteroatoms. The molecule has 1 unspecified atom stereocenters. The summed E-state index contributed by atoms with van der Waals surface area (Å²) in [5.41, 5.74) is 1.35. The zero-order valence-electron chi connectivity index (χ0n) is 12.2. The highest BCUT2D eigenvalue weighted by Gasteiger charge is 2.40. The number of rotatable bonds is 6. The van der Waals surface area contributed by atoms with E-state index in [4.69, 9.17) is 4.43 Å². The van der Waals surface area contributed by atoms with Crippen LogP contribution in [0.3, 0.4) is 0 Å². The van der Waals surface area contributed by atoms with Crippen molar-refractivity contribution in [2.75, 3.05) is 6.61 Å². The molecule has 1 aromatic rings. The van der Waals surface area contributed by atoms with E-state index in [1.807, 2.05) is 6.08 Å². The van der Waals surface area contributed by atoms with Gasteiger partial charge in [-0.2, -0.15) is 0 Å². The standard InChI is InChI=1S/C16H26OSi/c1-6-14-18(5,16(2,3)4)17-13-12-15-10-8-7-9-11-15/h6-11H,1,12-14H2,2-5H3. The van der Waals surface area contributed by atoms with Crippen molar-refractivity contribution in [1.29, 1.82) is 0 Å². The molecule has 0 heterocycles. The zero-order chi connectivity index (χ0) is 13.6. The molecule has 1 rings (SSSR count). The van der Waals surface area contributed by atoms with Gasteiger partial charge in [0, 0.05) is 6.61 Å². The highest BCUT2D eigenvalue weighted by molar-refractivity contribution is 6.75. The molecule has 0 radical (unpaired) electrons. The first-order chi connectivity index (χ1) is 8.39. The van der Waals surface area contributed by atoms with Crippen LogP contribution in [-0.2, 0) is 10.8 Å². The third kappa shape index (κ3) is 4.11. The SMILES string of the molecule is C=CC[Si](C)(OCCc1ccccc1)C(C)(C)C. The maximum Gasteiger partial charge on any atom is 0.198 e. The van der Waals surface area contributed by atoms with E-state index < -0.39 is 8.32 Å². The van der Waals surface area contributed by atoms with Gasteiger partial charge in [0.25, 0.3) is 0 Å². The first-order valence-corrected chi connectivity index (χ1v) is 9.29. The first kappa shape index (κ1) is 15.2. The van der Waals surface area contributed by atoms with Gasteiger partial charge in [0.1, 0.15) is 0 Å². The second kappa shape index (κ2) is 6.35. The molecule has 0 fully saturated rings. The summed E-state index contributed by atoms with van der Waals surface area (Å²) in [6, 6.07) is 11.6. The molecular formula is C16H26OSi. The van der Waals surface area contributed by atoms with E-state index in [1.54, 1.807) is 0 Å². The first-order valence-electron chi connectivity index (χ1n) is 6.68. The summed E-state index contributed by atoms with van der Waals surface area (Å²) < 4.78 is 6.31. The van der Waals surface area contributed by atoms with Crippen LogP contribution in [0.15, 0.2) is 43.0 Å². The molecule has 0 amide bonds. The topological polar surface area (TPSA) is 9.23 Å². The lowest BCUT2D eigenvalue weighted by molar-refractivity contribution is 0.289. The molecule has 18 heavy (non-hydrogen) atoms. The summed E-state index contributed by atoms with van der Waals surface area (Å²) in [5.74, 6) is 0. The largest absolute Gasteiger partial charge is 0.416 e. The van der Waals surface area contributed by atoms with Crippen LogP contribution in [0.25, 0.3) is 0 Å². The minimum absolute atomic E-state index is 0.248. The van der Waals surface area contributed by atoms with Crippen LogP contribution in [0.2, 0.25) is 17.6 Å². The maximum absolute atomic E-state index is 6.31. The smallest absolute Gasteiger partial charge is 0.198 e. The summed E-state index contributed by atoms with van der Waals surface area (Å²) in [7, 11) is -1.72. The maximum atomic E-state index is 6.31. The summed E-state index contributed by atoms with van der Waals surface area (Å²) in [6.07, 6.45) is 3.01. The van der Waals surface area contributed by atoms with E-state index in [-0.39, 0.29) is 5.04 Å². The molecular weight excluding hydrogens is 236 g/mol. The lowest BCUT2D eigenvalue weighted by atomic mass is 10.2. The number of benzene rings is 1. The molecule has 1 atom stereocenters.